The Balaban J connectivity index is 1.08. The van der Waals surface area contributed by atoms with Crippen LogP contribution in [0.2, 0.25) is 0 Å². The van der Waals surface area contributed by atoms with E-state index in [1.54, 1.807) is 24.3 Å². The summed E-state index contributed by atoms with van der Waals surface area (Å²) in [7, 11) is 0. The molecule has 0 bridgehead atoms. The van der Waals surface area contributed by atoms with Crippen molar-refractivity contribution in [1.82, 2.24) is 15.1 Å². The molecule has 3 heterocycles. The van der Waals surface area contributed by atoms with Gasteiger partial charge in [0.05, 0.1) is 16.8 Å². The van der Waals surface area contributed by atoms with Gasteiger partial charge in [0.15, 0.2) is 0 Å². The number of carbonyl (C=O) groups excluding carboxylic acids is 3. The van der Waals surface area contributed by atoms with Crippen molar-refractivity contribution in [1.29, 1.82) is 0 Å². The molecule has 3 amide bonds. The van der Waals surface area contributed by atoms with Crippen LogP contribution < -0.4 is 15.5 Å². The van der Waals surface area contributed by atoms with Gasteiger partial charge in [0.1, 0.15) is 11.9 Å². The first kappa shape index (κ1) is 28.6. The number of carbonyl (C=O) groups is 3. The number of hydrogen-bond acceptors (Lipinski definition) is 6. The average Bonchev–Trinajstić information content (AvgIpc) is 3.23. The molecule has 2 N–H and O–H groups in total. The second-order valence-corrected chi connectivity index (χ2v) is 11.7. The fourth-order valence-corrected chi connectivity index (χ4v) is 6.26. The Morgan fingerprint density at radius 3 is 2.49 bits per heavy atom. The minimum Gasteiger partial charge on any atom is -0.380 e. The van der Waals surface area contributed by atoms with Crippen molar-refractivity contribution in [3.63, 3.8) is 0 Å². The quantitative estimate of drug-likeness (QED) is 0.392. The second kappa shape index (κ2) is 11.6. The highest BCUT2D eigenvalue weighted by molar-refractivity contribution is 6.25. The highest BCUT2D eigenvalue weighted by atomic mass is 19.1. The van der Waals surface area contributed by atoms with Gasteiger partial charge in [-0.3, -0.25) is 24.2 Å². The van der Waals surface area contributed by atoms with E-state index >= 15 is 0 Å². The number of halogens is 1. The predicted octanol–water partition coefficient (Wildman–Crippen LogP) is 4.77. The first-order valence-corrected chi connectivity index (χ1v) is 14.7. The van der Waals surface area contributed by atoms with Gasteiger partial charge in [0, 0.05) is 50.7 Å². The molecule has 3 aliphatic rings. The first-order chi connectivity index (χ1) is 20.7. The zero-order valence-corrected chi connectivity index (χ0v) is 24.6. The molecule has 3 aromatic rings. The second-order valence-electron chi connectivity index (χ2n) is 11.7. The molecule has 0 aliphatic carbocycles. The third-order valence-corrected chi connectivity index (χ3v) is 8.68. The summed E-state index contributed by atoms with van der Waals surface area (Å²) in [6.45, 7) is 12.3. The molecule has 2 fully saturated rings. The van der Waals surface area contributed by atoms with Crippen molar-refractivity contribution in [2.45, 2.75) is 45.8 Å². The molecule has 9 heteroatoms. The van der Waals surface area contributed by atoms with Gasteiger partial charge in [-0.2, -0.15) is 0 Å². The van der Waals surface area contributed by atoms with Gasteiger partial charge in [-0.05, 0) is 73.2 Å². The van der Waals surface area contributed by atoms with Gasteiger partial charge < -0.3 is 15.5 Å². The lowest BCUT2D eigenvalue weighted by atomic mass is 10.0. The summed E-state index contributed by atoms with van der Waals surface area (Å²) >= 11 is 0. The fraction of sp³-hybridized carbons (Fsp3) is 0.324. The van der Waals surface area contributed by atoms with E-state index in [2.05, 4.69) is 52.1 Å². The van der Waals surface area contributed by atoms with Crippen molar-refractivity contribution < 1.29 is 18.8 Å². The molecule has 3 aliphatic heterocycles. The summed E-state index contributed by atoms with van der Waals surface area (Å²) in [6.07, 6.45) is 0.888. The van der Waals surface area contributed by atoms with Crippen molar-refractivity contribution in [3.05, 3.63) is 106 Å². The molecule has 6 rings (SSSR count). The van der Waals surface area contributed by atoms with E-state index in [1.807, 2.05) is 19.1 Å². The number of hydrogen-bond donors (Lipinski definition) is 2. The van der Waals surface area contributed by atoms with Crippen molar-refractivity contribution in [2.24, 2.45) is 0 Å². The molecule has 0 spiro atoms. The number of nitrogens with zero attached hydrogens (tertiary/aromatic N) is 3. The Labute approximate surface area is 251 Å². The monoisotopic (exact) mass is 581 g/mol. The Kier molecular flexibility index (Phi) is 7.75. The van der Waals surface area contributed by atoms with Crippen LogP contribution in [0.4, 0.5) is 15.8 Å². The first-order valence-electron chi connectivity index (χ1n) is 14.7. The molecular formula is C34H36FN5O3. The van der Waals surface area contributed by atoms with Crippen LogP contribution in [0, 0.1) is 19.7 Å². The predicted molar refractivity (Wildman–Crippen MR) is 164 cm³/mol. The average molecular weight is 582 g/mol. The zero-order chi connectivity index (χ0) is 30.2. The third-order valence-electron chi connectivity index (χ3n) is 8.68. The van der Waals surface area contributed by atoms with Crippen LogP contribution in [0.15, 0.2) is 66.9 Å². The van der Waals surface area contributed by atoms with Crippen LogP contribution in [-0.2, 0) is 17.9 Å². The summed E-state index contributed by atoms with van der Waals surface area (Å²) in [5, 5.41) is 6.03. The molecular weight excluding hydrogens is 545 g/mol. The Bertz CT molecular complexity index is 1630. The van der Waals surface area contributed by atoms with Crippen LogP contribution in [0.3, 0.4) is 0 Å². The number of allylic oxidation sites excluding steroid dienone is 1. The van der Waals surface area contributed by atoms with Crippen LogP contribution in [0.5, 0.6) is 0 Å². The van der Waals surface area contributed by atoms with Gasteiger partial charge in [-0.15, -0.1) is 0 Å². The van der Waals surface area contributed by atoms with E-state index < -0.39 is 17.9 Å². The van der Waals surface area contributed by atoms with E-state index in [9.17, 15) is 18.8 Å². The largest absolute Gasteiger partial charge is 0.380 e. The Hall–Kier alpha value is -4.50. The lowest BCUT2D eigenvalue weighted by molar-refractivity contribution is -0.125. The van der Waals surface area contributed by atoms with Crippen molar-refractivity contribution in [2.75, 3.05) is 36.4 Å². The van der Waals surface area contributed by atoms with Crippen LogP contribution in [0.25, 0.3) is 0 Å². The van der Waals surface area contributed by atoms with Gasteiger partial charge in [0.2, 0.25) is 5.91 Å². The SMILES string of the molecule is C=C1CCC(N2C(=O)c3cccc(NCc4ccc(CN5CCN(c6ccc(C)cc6F)CC5)cc4C)c3C2=O)C(=O)N1. The van der Waals surface area contributed by atoms with Crippen LogP contribution in [0.1, 0.15) is 55.8 Å². The summed E-state index contributed by atoms with van der Waals surface area (Å²) in [5.74, 6) is -1.43. The Morgan fingerprint density at radius 2 is 1.77 bits per heavy atom. The number of piperazine rings is 1. The minimum atomic E-state index is -0.840. The summed E-state index contributed by atoms with van der Waals surface area (Å²) in [5.41, 5.74) is 6.81. The maximum atomic E-state index is 14.4. The maximum absolute atomic E-state index is 14.4. The third kappa shape index (κ3) is 5.64. The van der Waals surface area contributed by atoms with Gasteiger partial charge in [0.25, 0.3) is 11.8 Å². The number of aryl methyl sites for hydroxylation is 2. The van der Waals surface area contributed by atoms with E-state index in [-0.39, 0.29) is 11.7 Å². The molecule has 2 saturated heterocycles. The summed E-state index contributed by atoms with van der Waals surface area (Å²) in [4.78, 5) is 44.8. The smallest absolute Gasteiger partial charge is 0.264 e. The molecule has 0 aromatic heterocycles. The van der Waals surface area contributed by atoms with Gasteiger partial charge in [-0.25, -0.2) is 4.39 Å². The van der Waals surface area contributed by atoms with E-state index in [1.165, 1.54) is 5.56 Å². The molecule has 0 radical (unpaired) electrons. The molecule has 3 aromatic carbocycles. The molecule has 1 atom stereocenters. The standard InChI is InChI=1S/C34H36FN5O3/c1-21-7-11-29(27(35)17-21)39-15-13-38(14-16-39)20-24-9-10-25(22(2)18-24)19-36-28-6-4-5-26-31(28)34(43)40(33(26)42)30-12-8-23(3)37-32(30)41/h4-7,9-11,17-18,30,36H,3,8,12-16,19-20H2,1-2H3,(H,37,41). The number of imide groups is 1. The number of nitrogens with one attached hydrogen (secondary N) is 2. The number of piperidine rings is 1. The molecule has 222 valence electrons. The van der Waals surface area contributed by atoms with E-state index in [0.29, 0.717) is 47.6 Å². The highest BCUT2D eigenvalue weighted by Gasteiger charge is 2.45. The summed E-state index contributed by atoms with van der Waals surface area (Å²) < 4.78 is 14.4. The lowest BCUT2D eigenvalue weighted by Gasteiger charge is -2.36. The van der Waals surface area contributed by atoms with E-state index in [4.69, 9.17) is 0 Å². The molecule has 0 saturated carbocycles. The molecule has 1 unspecified atom stereocenters. The van der Waals surface area contributed by atoms with Crippen LogP contribution in [-0.4, -0.2) is 59.7 Å². The topological polar surface area (TPSA) is 85.0 Å². The van der Waals surface area contributed by atoms with Gasteiger partial charge >= 0.3 is 0 Å². The highest BCUT2D eigenvalue weighted by Crippen LogP contribution is 2.33. The fourth-order valence-electron chi connectivity index (χ4n) is 6.26. The number of benzene rings is 3. The normalized spacial score (nSPS) is 19.1. The van der Waals surface area contributed by atoms with Crippen molar-refractivity contribution in [3.8, 4) is 0 Å². The number of amides is 3. The summed E-state index contributed by atoms with van der Waals surface area (Å²) in [6, 6.07) is 16.2. The van der Waals surface area contributed by atoms with Crippen LogP contribution >= 0.6 is 0 Å². The number of rotatable bonds is 7. The van der Waals surface area contributed by atoms with Gasteiger partial charge in [-0.1, -0.05) is 36.9 Å². The zero-order valence-electron chi connectivity index (χ0n) is 24.6. The van der Waals surface area contributed by atoms with E-state index in [0.717, 1.165) is 54.3 Å². The maximum Gasteiger partial charge on any atom is 0.264 e. The Morgan fingerprint density at radius 1 is 0.977 bits per heavy atom. The number of fused-ring (bicyclic) bond motifs is 1. The number of anilines is 2. The molecule has 43 heavy (non-hydrogen) atoms. The minimum absolute atomic E-state index is 0.162. The molecule has 8 nitrogen and oxygen atoms in total. The van der Waals surface area contributed by atoms with Crippen molar-refractivity contribution >= 4 is 29.1 Å². The lowest BCUT2D eigenvalue weighted by Crippen LogP contribution is -2.51.